The molecule has 3 rings (SSSR count). The Morgan fingerprint density at radius 2 is 0.787 bits per heavy atom. The summed E-state index contributed by atoms with van der Waals surface area (Å²) in [4.78, 5) is 102. The summed E-state index contributed by atoms with van der Waals surface area (Å²) in [5.74, 6) is 8.04. The summed E-state index contributed by atoms with van der Waals surface area (Å²) >= 11 is 0. The first kappa shape index (κ1) is 91.7. The van der Waals surface area contributed by atoms with Crippen molar-refractivity contribution < 1.29 is 249 Å². The van der Waals surface area contributed by atoms with Gasteiger partial charge in [-0.25, -0.2) is 0 Å². The van der Waals surface area contributed by atoms with Crippen molar-refractivity contribution in [2.24, 2.45) is 0 Å². The molecule has 0 amide bonds. The fraction of sp³-hybridized carbons (Fsp3) is 0.833. The number of phosphoric acid groups is 3. The largest absolute Gasteiger partial charge is 0.778 e. The van der Waals surface area contributed by atoms with Gasteiger partial charge >= 0.3 is 0 Å². The molecule has 18 atom stereocenters. The second-order valence-electron chi connectivity index (χ2n) is 16.3. The summed E-state index contributed by atoms with van der Waals surface area (Å²) in [6.07, 6.45) is -1.38. The first-order chi connectivity index (χ1) is 35.1. The molecular weight excluding hydrogens is 1490 g/mol. The standard InChI is InChI=1S/C8H19O10P3.2C7H17O10P3.2C7H10O.3Y/c1-6-3-7(9)8(17-6)4-16-19(10)5-20(11,12)18-21(13,14)15-2;2*1-5-2-6(8)7(16-5)3-15-18(9)4-19(10,11)17-20(12,13)14;2*1-3-4-5-6-7(2)8;;;/h6-9,19H,3-5H2,1-2H3,(H,11,12)(H,13,14);2*5-8,18H,2-4H2,1H3,(H,10,11)(H2,12,13,14);2*5-6H2,1-2H3;;;/p-6/t6-,7?,8+;2*5-,6?,7+;;;;;/m000...../s1. The molecule has 3 aliphatic heterocycles. The van der Waals surface area contributed by atoms with E-state index < -0.39 is 125 Å². The van der Waals surface area contributed by atoms with Crippen LogP contribution in [0.15, 0.2) is 0 Å². The minimum absolute atomic E-state index is 0. The molecule has 0 aromatic rings. The Hall–Kier alpha value is 3.00. The van der Waals surface area contributed by atoms with Crippen LogP contribution in [0.1, 0.15) is 93.4 Å². The summed E-state index contributed by atoms with van der Waals surface area (Å²) in [5.41, 5.74) is 0. The van der Waals surface area contributed by atoms with Crippen LogP contribution in [-0.4, -0.2) is 136 Å². The Balaban J connectivity index is -0.000000304. The molecule has 3 radical (unpaired) electrons. The van der Waals surface area contributed by atoms with E-state index in [4.69, 9.17) is 37.6 Å². The fourth-order valence-corrected chi connectivity index (χ4v) is 17.9. The zero-order valence-electron chi connectivity index (χ0n) is 44.6. The zero-order chi connectivity index (χ0) is 60.2. The van der Waals surface area contributed by atoms with Gasteiger partial charge in [-0.05, 0) is 48.5 Å². The van der Waals surface area contributed by atoms with Gasteiger partial charge in [0.2, 0.25) is 0 Å². The topological polar surface area (TPSA) is 520 Å². The van der Waals surface area contributed by atoms with E-state index in [1.807, 2.05) is 0 Å². The fourth-order valence-electron chi connectivity index (χ4n) is 5.71. The molecule has 32 nitrogen and oxygen atoms in total. The minimum atomic E-state index is -5.47. The van der Waals surface area contributed by atoms with Crippen molar-refractivity contribution in [3.63, 3.8) is 0 Å². The van der Waals surface area contributed by atoms with Crippen molar-refractivity contribution in [1.82, 2.24) is 0 Å². The number of hydrogen-bond acceptors (Lipinski definition) is 30. The van der Waals surface area contributed by atoms with Crippen LogP contribution in [0.5, 0.6) is 0 Å². The van der Waals surface area contributed by atoms with Crippen molar-refractivity contribution in [3.8, 4) is 23.7 Å². The molecule has 3 heterocycles. The summed E-state index contributed by atoms with van der Waals surface area (Å²) in [6.45, 7) is 11.0. The van der Waals surface area contributed by atoms with Crippen molar-refractivity contribution in [1.29, 1.82) is 0 Å². The van der Waals surface area contributed by atoms with Crippen LogP contribution in [-0.2, 0) is 194 Å². The van der Waals surface area contributed by atoms with Crippen LogP contribution in [0.2, 0.25) is 0 Å². The number of aliphatic hydroxyl groups is 3. The van der Waals surface area contributed by atoms with E-state index in [1.54, 1.807) is 48.5 Å². The summed E-state index contributed by atoms with van der Waals surface area (Å²) in [7, 11) is -39.6. The zero-order valence-corrected chi connectivity index (χ0v) is 61.4. The molecule has 80 heavy (non-hydrogen) atoms. The van der Waals surface area contributed by atoms with Gasteiger partial charge in [0.1, 0.15) is 29.9 Å². The van der Waals surface area contributed by atoms with Crippen LogP contribution in [0.4, 0.5) is 0 Å². The van der Waals surface area contributed by atoms with E-state index in [2.05, 4.69) is 41.1 Å². The number of phosphoric ester groups is 1. The molecule has 0 aromatic carbocycles. The Morgan fingerprint density at radius 3 is 0.975 bits per heavy atom. The summed E-state index contributed by atoms with van der Waals surface area (Å²) in [6, 6.07) is 0. The third kappa shape index (κ3) is 51.8. The van der Waals surface area contributed by atoms with Crippen LogP contribution in [0.3, 0.4) is 0 Å². The summed E-state index contributed by atoms with van der Waals surface area (Å²) in [5, 5.41) is 28.6. The van der Waals surface area contributed by atoms with Crippen molar-refractivity contribution in [3.05, 3.63) is 0 Å². The van der Waals surface area contributed by atoms with Gasteiger partial charge in [0.05, 0.1) is 74.2 Å². The van der Waals surface area contributed by atoms with Crippen LogP contribution in [0.25, 0.3) is 0 Å². The predicted molar refractivity (Wildman–Crippen MR) is 261 cm³/mol. The normalized spacial score (nSPS) is 27.4. The molecule has 0 aliphatic carbocycles. The maximum Gasteiger partial charge on any atom is 0.272 e. The van der Waals surface area contributed by atoms with Gasteiger partial charge in [0, 0.05) is 150 Å². The number of rotatable bonds is 26. The Labute approximate surface area is 541 Å². The molecular formula is C36H67O32P9Y3-6. The molecule has 3 fully saturated rings. The summed E-state index contributed by atoms with van der Waals surface area (Å²) < 4.78 is 144. The number of carbonyl (C=O) groups excluding carboxylic acids is 2. The van der Waals surface area contributed by atoms with Crippen molar-refractivity contribution in [2.45, 2.75) is 148 Å². The number of ether oxygens (including phenoxy) is 3. The molecule has 0 bridgehead atoms. The third-order valence-electron chi connectivity index (χ3n) is 8.88. The van der Waals surface area contributed by atoms with E-state index in [-0.39, 0.29) is 148 Å². The second-order valence-corrected chi connectivity index (χ2v) is 31.9. The smallest absolute Gasteiger partial charge is 0.272 e. The Bertz CT molecular complexity index is 2220. The van der Waals surface area contributed by atoms with Gasteiger partial charge in [0.25, 0.3) is 23.5 Å². The molecule has 44 heteroatoms. The average Bonchev–Trinajstić information content (AvgIpc) is 3.87. The van der Waals surface area contributed by atoms with Gasteiger partial charge in [-0.3, -0.25) is 49.9 Å². The van der Waals surface area contributed by atoms with Crippen LogP contribution in [0, 0.1) is 23.7 Å². The number of hydrogen-bond donors (Lipinski definition) is 5. The molecule has 0 saturated carbocycles. The van der Waals surface area contributed by atoms with E-state index in [0.717, 1.165) is 7.11 Å². The second kappa shape index (κ2) is 46.1. The minimum Gasteiger partial charge on any atom is -0.778 e. The first-order valence-corrected chi connectivity index (χ1v) is 36.5. The van der Waals surface area contributed by atoms with E-state index in [0.29, 0.717) is 44.9 Å². The average molecular weight is 1560 g/mol. The number of ketones is 2. The predicted octanol–water partition coefficient (Wildman–Crippen LogP) is 0.417. The first-order valence-electron chi connectivity index (χ1n) is 22.3. The number of aliphatic hydroxyl groups excluding tert-OH is 3. The molecule has 0 aromatic heterocycles. The molecule has 3 aliphatic rings. The molecule has 3 saturated heterocycles. The van der Waals surface area contributed by atoms with Crippen molar-refractivity contribution >= 4 is 81.9 Å². The van der Waals surface area contributed by atoms with Gasteiger partial charge in [-0.15, -0.1) is 23.7 Å². The molecule has 0 spiro atoms. The maximum absolute atomic E-state index is 11.5. The number of Topliss-reactive ketones (excluding diaryl/α,β-unsaturated/α-hetero) is 2. The van der Waals surface area contributed by atoms with Gasteiger partial charge in [-0.2, -0.15) is 0 Å². The van der Waals surface area contributed by atoms with Crippen LogP contribution < -0.4 is 29.4 Å². The number of carbonyl (C=O) groups is 2. The van der Waals surface area contributed by atoms with Gasteiger partial charge in [-0.1, -0.05) is 0 Å². The third-order valence-corrected chi connectivity index (χ3v) is 24.0. The van der Waals surface area contributed by atoms with E-state index >= 15 is 0 Å². The molecule has 5 N–H and O–H groups in total. The monoisotopic (exact) mass is 1560 g/mol. The maximum atomic E-state index is 11.5. The quantitative estimate of drug-likeness (QED) is 0.0578. The molecule has 12 unspecified atom stereocenters. The van der Waals surface area contributed by atoms with E-state index in [9.17, 15) is 95.4 Å². The van der Waals surface area contributed by atoms with Gasteiger partial charge in [0.15, 0.2) is 46.9 Å². The van der Waals surface area contributed by atoms with Crippen LogP contribution >= 0.6 is 70.3 Å². The Morgan fingerprint density at radius 1 is 0.537 bits per heavy atom. The van der Waals surface area contributed by atoms with Gasteiger partial charge < -0.3 is 100 Å². The molecule has 463 valence electrons. The van der Waals surface area contributed by atoms with Crippen molar-refractivity contribution in [2.75, 3.05) is 44.6 Å². The Kier molecular flexibility index (Phi) is 52.9. The van der Waals surface area contributed by atoms with E-state index in [1.165, 1.54) is 0 Å². The SMILES string of the molecule is CC#CCCC(C)=O.CC#CCCC(C)=O.COP(=O)([O-])OP(=O)([O-])C[PH](=O)OC[C@H]1O[C@@H](C)CC1O.C[C@H]1CC(O)[C@@H](CO[PH](=O)CP(=O)([O-])OP(=O)([O-])O)O1.C[C@H]1CC(O)[C@@H](CO[PH](=O)CP(=O)([O-])OP(=O)([O-])O)O1.[Y].[Y].[Y].